The van der Waals surface area contributed by atoms with Gasteiger partial charge in [-0.05, 0) is 23.8 Å². The van der Waals surface area contributed by atoms with Gasteiger partial charge in [-0.3, -0.25) is 9.59 Å². The molecular formula is C14H15N3O2. The number of benzene rings is 1. The van der Waals surface area contributed by atoms with E-state index in [0.717, 1.165) is 16.8 Å². The van der Waals surface area contributed by atoms with E-state index in [4.69, 9.17) is 0 Å². The van der Waals surface area contributed by atoms with Gasteiger partial charge in [-0.1, -0.05) is 12.1 Å². The SMILES string of the molecule is CNC(=O)c1cc(-c2ccc(NC=O)cc2)cn1C. The maximum absolute atomic E-state index is 11.6. The molecule has 5 heteroatoms. The number of hydrogen-bond donors (Lipinski definition) is 2. The number of hydrogen-bond acceptors (Lipinski definition) is 2. The predicted molar refractivity (Wildman–Crippen MR) is 73.9 cm³/mol. The fourth-order valence-corrected chi connectivity index (χ4v) is 1.90. The lowest BCUT2D eigenvalue weighted by Gasteiger charge is -2.00. The van der Waals surface area contributed by atoms with Crippen LogP contribution >= 0.6 is 0 Å². The number of carbonyl (C=O) groups is 2. The number of aryl methyl sites for hydroxylation is 1. The third-order valence-electron chi connectivity index (χ3n) is 2.91. The molecule has 0 unspecified atom stereocenters. The molecule has 1 aromatic carbocycles. The molecular weight excluding hydrogens is 242 g/mol. The second kappa shape index (κ2) is 5.39. The van der Waals surface area contributed by atoms with Crippen LogP contribution in [-0.2, 0) is 11.8 Å². The van der Waals surface area contributed by atoms with Crippen LogP contribution in [0, 0.1) is 0 Å². The summed E-state index contributed by atoms with van der Waals surface area (Å²) in [5.41, 5.74) is 3.29. The average Bonchev–Trinajstić information content (AvgIpc) is 2.81. The molecule has 2 amide bonds. The van der Waals surface area contributed by atoms with Gasteiger partial charge in [0.15, 0.2) is 0 Å². The van der Waals surface area contributed by atoms with Gasteiger partial charge in [0.05, 0.1) is 0 Å². The summed E-state index contributed by atoms with van der Waals surface area (Å²) in [4.78, 5) is 22.0. The smallest absolute Gasteiger partial charge is 0.267 e. The lowest BCUT2D eigenvalue weighted by molar-refractivity contribution is -0.105. The number of anilines is 1. The molecule has 5 nitrogen and oxygen atoms in total. The molecule has 0 aliphatic heterocycles. The molecule has 0 radical (unpaired) electrons. The molecule has 0 saturated heterocycles. The van der Waals surface area contributed by atoms with Crippen molar-refractivity contribution in [1.82, 2.24) is 9.88 Å². The quantitative estimate of drug-likeness (QED) is 0.817. The van der Waals surface area contributed by atoms with E-state index in [0.29, 0.717) is 12.1 Å². The molecule has 2 rings (SSSR count). The zero-order valence-corrected chi connectivity index (χ0v) is 10.8. The van der Waals surface area contributed by atoms with Crippen LogP contribution < -0.4 is 10.6 Å². The number of nitrogens with zero attached hydrogens (tertiary/aromatic N) is 1. The molecule has 0 atom stereocenters. The molecule has 0 aliphatic carbocycles. The van der Waals surface area contributed by atoms with Crippen molar-refractivity contribution >= 4 is 18.0 Å². The summed E-state index contributed by atoms with van der Waals surface area (Å²) in [6.07, 6.45) is 2.54. The first-order chi connectivity index (χ1) is 9.15. The highest BCUT2D eigenvalue weighted by molar-refractivity contribution is 5.94. The molecule has 0 aliphatic rings. The van der Waals surface area contributed by atoms with E-state index in [1.54, 1.807) is 11.6 Å². The first-order valence-corrected chi connectivity index (χ1v) is 5.84. The standard InChI is InChI=1S/C14H15N3O2/c1-15-14(19)13-7-11(8-17(13)2)10-3-5-12(6-4-10)16-9-18/h3-9H,1-2H3,(H,15,19)(H,16,18). The molecule has 2 N–H and O–H groups in total. The Labute approximate surface area is 111 Å². The van der Waals surface area contributed by atoms with Crippen LogP contribution in [0.25, 0.3) is 11.1 Å². The Kier molecular flexibility index (Phi) is 3.66. The molecule has 19 heavy (non-hydrogen) atoms. The Bertz CT molecular complexity index is 600. The van der Waals surface area contributed by atoms with Gasteiger partial charge in [0.2, 0.25) is 6.41 Å². The molecule has 0 saturated carbocycles. The predicted octanol–water partition coefficient (Wildman–Crippen LogP) is 1.62. The number of carbonyl (C=O) groups excluding carboxylic acids is 2. The van der Waals surface area contributed by atoms with Crippen LogP contribution in [0.15, 0.2) is 36.5 Å². The summed E-state index contributed by atoms with van der Waals surface area (Å²) in [6.45, 7) is 0. The van der Waals surface area contributed by atoms with Gasteiger partial charge in [-0.25, -0.2) is 0 Å². The Balaban J connectivity index is 2.31. The van der Waals surface area contributed by atoms with Crippen molar-refractivity contribution in [3.63, 3.8) is 0 Å². The molecule has 98 valence electrons. The number of nitrogens with one attached hydrogen (secondary N) is 2. The van der Waals surface area contributed by atoms with Gasteiger partial charge in [-0.2, -0.15) is 0 Å². The van der Waals surface area contributed by atoms with Crippen molar-refractivity contribution in [2.24, 2.45) is 7.05 Å². The largest absolute Gasteiger partial charge is 0.354 e. The highest BCUT2D eigenvalue weighted by Gasteiger charge is 2.10. The van der Waals surface area contributed by atoms with Crippen molar-refractivity contribution < 1.29 is 9.59 Å². The first kappa shape index (κ1) is 12.9. The van der Waals surface area contributed by atoms with Crippen molar-refractivity contribution in [2.45, 2.75) is 0 Å². The minimum atomic E-state index is -0.118. The average molecular weight is 257 g/mol. The van der Waals surface area contributed by atoms with Gasteiger partial charge in [-0.15, -0.1) is 0 Å². The van der Waals surface area contributed by atoms with Crippen LogP contribution in [0.1, 0.15) is 10.5 Å². The van der Waals surface area contributed by atoms with E-state index in [-0.39, 0.29) is 5.91 Å². The van der Waals surface area contributed by atoms with Crippen LogP contribution in [0.3, 0.4) is 0 Å². The Hall–Kier alpha value is -2.56. The van der Waals surface area contributed by atoms with Gasteiger partial charge < -0.3 is 15.2 Å². The van der Waals surface area contributed by atoms with Crippen molar-refractivity contribution in [3.8, 4) is 11.1 Å². The second-order valence-corrected chi connectivity index (χ2v) is 4.14. The van der Waals surface area contributed by atoms with E-state index < -0.39 is 0 Å². The first-order valence-electron chi connectivity index (χ1n) is 5.84. The molecule has 0 fully saturated rings. The summed E-state index contributed by atoms with van der Waals surface area (Å²) >= 11 is 0. The van der Waals surface area contributed by atoms with Gasteiger partial charge in [0.1, 0.15) is 5.69 Å². The monoisotopic (exact) mass is 257 g/mol. The minimum Gasteiger partial charge on any atom is -0.354 e. The topological polar surface area (TPSA) is 63.1 Å². The molecule has 0 spiro atoms. The second-order valence-electron chi connectivity index (χ2n) is 4.14. The highest BCUT2D eigenvalue weighted by Crippen LogP contribution is 2.23. The van der Waals surface area contributed by atoms with E-state index >= 15 is 0 Å². The van der Waals surface area contributed by atoms with Gasteiger partial charge in [0, 0.05) is 31.5 Å². The highest BCUT2D eigenvalue weighted by atomic mass is 16.1. The Morgan fingerprint density at radius 1 is 1.21 bits per heavy atom. The zero-order chi connectivity index (χ0) is 13.8. The Morgan fingerprint density at radius 3 is 2.47 bits per heavy atom. The molecule has 0 bridgehead atoms. The summed E-state index contributed by atoms with van der Waals surface area (Å²) in [7, 11) is 3.44. The van der Waals surface area contributed by atoms with Crippen molar-refractivity contribution in [2.75, 3.05) is 12.4 Å². The maximum Gasteiger partial charge on any atom is 0.267 e. The van der Waals surface area contributed by atoms with E-state index in [9.17, 15) is 9.59 Å². The third kappa shape index (κ3) is 2.65. The van der Waals surface area contributed by atoms with Crippen molar-refractivity contribution in [3.05, 3.63) is 42.2 Å². The van der Waals surface area contributed by atoms with Gasteiger partial charge in [0.25, 0.3) is 5.91 Å². The lowest BCUT2D eigenvalue weighted by Crippen LogP contribution is -2.20. The van der Waals surface area contributed by atoms with Crippen LogP contribution in [0.4, 0.5) is 5.69 Å². The molecule has 2 aromatic rings. The summed E-state index contributed by atoms with van der Waals surface area (Å²) in [5.74, 6) is -0.118. The summed E-state index contributed by atoms with van der Waals surface area (Å²) in [5, 5.41) is 5.18. The fourth-order valence-electron chi connectivity index (χ4n) is 1.90. The number of aromatic nitrogens is 1. The van der Waals surface area contributed by atoms with E-state index in [1.807, 2.05) is 43.6 Å². The van der Waals surface area contributed by atoms with Gasteiger partial charge >= 0.3 is 0 Å². The number of rotatable bonds is 4. The minimum absolute atomic E-state index is 0.118. The zero-order valence-electron chi connectivity index (χ0n) is 10.8. The van der Waals surface area contributed by atoms with E-state index in [2.05, 4.69) is 10.6 Å². The van der Waals surface area contributed by atoms with Crippen molar-refractivity contribution in [1.29, 1.82) is 0 Å². The van der Waals surface area contributed by atoms with E-state index in [1.165, 1.54) is 0 Å². The normalized spacial score (nSPS) is 10.0. The molecule has 1 aromatic heterocycles. The van der Waals surface area contributed by atoms with Crippen LogP contribution in [-0.4, -0.2) is 23.9 Å². The van der Waals surface area contributed by atoms with Crippen LogP contribution in [0.2, 0.25) is 0 Å². The Morgan fingerprint density at radius 2 is 1.89 bits per heavy atom. The lowest BCUT2D eigenvalue weighted by atomic mass is 10.1. The number of amides is 2. The molecule has 1 heterocycles. The third-order valence-corrected chi connectivity index (χ3v) is 2.91. The summed E-state index contributed by atoms with van der Waals surface area (Å²) in [6, 6.07) is 9.26. The van der Waals surface area contributed by atoms with Crippen LogP contribution in [0.5, 0.6) is 0 Å². The maximum atomic E-state index is 11.6. The summed E-state index contributed by atoms with van der Waals surface area (Å²) < 4.78 is 1.78. The fraction of sp³-hybridized carbons (Fsp3) is 0.143.